The van der Waals surface area contributed by atoms with Gasteiger partial charge in [-0.2, -0.15) is 13.2 Å². The van der Waals surface area contributed by atoms with Crippen LogP contribution < -0.4 is 10.2 Å². The van der Waals surface area contributed by atoms with Crippen LogP contribution in [0.2, 0.25) is 0 Å². The highest BCUT2D eigenvalue weighted by Crippen LogP contribution is 2.37. The molecule has 0 saturated carbocycles. The van der Waals surface area contributed by atoms with E-state index in [4.69, 9.17) is 4.74 Å². The van der Waals surface area contributed by atoms with E-state index >= 15 is 0 Å². The first-order valence-corrected chi connectivity index (χ1v) is 8.37. The summed E-state index contributed by atoms with van der Waals surface area (Å²) >= 11 is 0. The zero-order valence-corrected chi connectivity index (χ0v) is 14.6. The van der Waals surface area contributed by atoms with E-state index < -0.39 is 23.5 Å². The predicted molar refractivity (Wildman–Crippen MR) is 93.6 cm³/mol. The summed E-state index contributed by atoms with van der Waals surface area (Å²) in [5, 5.41) is 2.24. The van der Waals surface area contributed by atoms with Gasteiger partial charge in [-0.05, 0) is 42.8 Å². The number of morpholine rings is 1. The number of hydrogen-bond acceptors (Lipinski definition) is 3. The number of amides is 1. The summed E-state index contributed by atoms with van der Waals surface area (Å²) in [6.07, 6.45) is -4.65. The molecule has 2 aromatic carbocycles. The Labute approximate surface area is 153 Å². The largest absolute Gasteiger partial charge is 0.418 e. The van der Waals surface area contributed by atoms with Gasteiger partial charge in [0.05, 0.1) is 24.5 Å². The molecule has 144 valence electrons. The van der Waals surface area contributed by atoms with Crippen molar-refractivity contribution in [1.82, 2.24) is 0 Å². The maximum atomic E-state index is 13.6. The Morgan fingerprint density at radius 3 is 2.44 bits per heavy atom. The minimum atomic E-state index is -4.65. The lowest BCUT2D eigenvalue weighted by Crippen LogP contribution is -2.36. The number of hydrogen-bond donors (Lipinski definition) is 1. The van der Waals surface area contributed by atoms with Gasteiger partial charge in [-0.1, -0.05) is 6.07 Å². The number of carbonyl (C=O) groups excluding carboxylic acids is 1. The van der Waals surface area contributed by atoms with E-state index in [-0.39, 0.29) is 11.3 Å². The van der Waals surface area contributed by atoms with Gasteiger partial charge in [-0.3, -0.25) is 4.79 Å². The molecular formula is C19H18F4N2O2. The maximum absolute atomic E-state index is 13.6. The van der Waals surface area contributed by atoms with Gasteiger partial charge in [-0.15, -0.1) is 0 Å². The number of halogens is 4. The van der Waals surface area contributed by atoms with Crippen LogP contribution in [0.1, 0.15) is 21.5 Å². The molecule has 0 aliphatic carbocycles. The van der Waals surface area contributed by atoms with Crippen molar-refractivity contribution in [3.8, 4) is 0 Å². The second-order valence-corrected chi connectivity index (χ2v) is 6.25. The van der Waals surface area contributed by atoms with Crippen molar-refractivity contribution in [1.29, 1.82) is 0 Å². The second-order valence-electron chi connectivity index (χ2n) is 6.25. The first kappa shape index (κ1) is 19.2. The second kappa shape index (κ2) is 7.56. The standard InChI is InChI=1S/C19H18F4N2O2/c1-12-2-3-13(10-16(12)20)18(26)24-17-5-4-14(11-15(17)19(21,22)23)25-6-8-27-9-7-25/h2-5,10-11H,6-9H2,1H3,(H,24,26). The van der Waals surface area contributed by atoms with Crippen molar-refractivity contribution < 1.29 is 27.1 Å². The Balaban J connectivity index is 1.89. The van der Waals surface area contributed by atoms with Crippen LogP contribution in [0.25, 0.3) is 0 Å². The molecule has 1 aliphatic heterocycles. The smallest absolute Gasteiger partial charge is 0.378 e. The number of carbonyl (C=O) groups is 1. The summed E-state index contributed by atoms with van der Waals surface area (Å²) in [5.41, 5.74) is -0.621. The highest BCUT2D eigenvalue weighted by Gasteiger charge is 2.35. The summed E-state index contributed by atoms with van der Waals surface area (Å²) in [6, 6.07) is 7.51. The molecule has 0 spiro atoms. The fourth-order valence-corrected chi connectivity index (χ4v) is 2.82. The minimum absolute atomic E-state index is 0.0523. The molecule has 0 bridgehead atoms. The molecule has 8 heteroatoms. The normalized spacial score (nSPS) is 14.9. The third kappa shape index (κ3) is 4.39. The van der Waals surface area contributed by atoms with Gasteiger partial charge in [0.2, 0.25) is 0 Å². The number of anilines is 2. The quantitative estimate of drug-likeness (QED) is 0.808. The molecule has 0 atom stereocenters. The molecule has 4 nitrogen and oxygen atoms in total. The zero-order valence-electron chi connectivity index (χ0n) is 14.6. The molecule has 0 unspecified atom stereocenters. The molecule has 3 rings (SSSR count). The van der Waals surface area contributed by atoms with Crippen molar-refractivity contribution in [2.75, 3.05) is 36.5 Å². The summed E-state index contributed by atoms with van der Waals surface area (Å²) in [7, 11) is 0. The number of aryl methyl sites for hydroxylation is 1. The number of rotatable bonds is 3. The molecule has 1 amide bonds. The van der Waals surface area contributed by atoms with Crippen molar-refractivity contribution >= 4 is 17.3 Å². The van der Waals surface area contributed by atoms with Gasteiger partial charge < -0.3 is 15.0 Å². The van der Waals surface area contributed by atoms with Gasteiger partial charge in [0.25, 0.3) is 5.91 Å². The van der Waals surface area contributed by atoms with Gasteiger partial charge >= 0.3 is 6.18 Å². The Hall–Kier alpha value is -2.61. The molecule has 27 heavy (non-hydrogen) atoms. The monoisotopic (exact) mass is 382 g/mol. The third-order valence-corrected chi connectivity index (χ3v) is 4.37. The maximum Gasteiger partial charge on any atom is 0.418 e. The summed E-state index contributed by atoms with van der Waals surface area (Å²) in [6.45, 7) is 3.40. The molecular weight excluding hydrogens is 364 g/mol. The van der Waals surface area contributed by atoms with Crippen LogP contribution >= 0.6 is 0 Å². The topological polar surface area (TPSA) is 41.6 Å². The van der Waals surface area contributed by atoms with E-state index in [1.165, 1.54) is 31.2 Å². The summed E-state index contributed by atoms with van der Waals surface area (Å²) in [4.78, 5) is 14.1. The number of nitrogens with zero attached hydrogens (tertiary/aromatic N) is 1. The van der Waals surface area contributed by atoms with Crippen LogP contribution in [0.15, 0.2) is 36.4 Å². The van der Waals surface area contributed by atoms with E-state index in [1.807, 2.05) is 0 Å². The summed E-state index contributed by atoms with van der Waals surface area (Å²) < 4.78 is 59.4. The fourth-order valence-electron chi connectivity index (χ4n) is 2.82. The highest BCUT2D eigenvalue weighted by molar-refractivity contribution is 6.04. The van der Waals surface area contributed by atoms with Crippen molar-refractivity contribution in [2.45, 2.75) is 13.1 Å². The van der Waals surface area contributed by atoms with E-state index in [0.29, 0.717) is 37.6 Å². The van der Waals surface area contributed by atoms with Gasteiger partial charge in [0.15, 0.2) is 0 Å². The van der Waals surface area contributed by atoms with Crippen LogP contribution in [0, 0.1) is 12.7 Å². The molecule has 1 heterocycles. The Kier molecular flexibility index (Phi) is 5.36. The van der Waals surface area contributed by atoms with Gasteiger partial charge in [-0.25, -0.2) is 4.39 Å². The van der Waals surface area contributed by atoms with Gasteiger partial charge in [0, 0.05) is 24.3 Å². The Bertz CT molecular complexity index is 846. The predicted octanol–water partition coefficient (Wildman–Crippen LogP) is 4.24. The molecule has 1 aliphatic rings. The molecule has 0 radical (unpaired) electrons. The lowest BCUT2D eigenvalue weighted by Gasteiger charge is -2.29. The average molecular weight is 382 g/mol. The first-order valence-electron chi connectivity index (χ1n) is 8.37. The SMILES string of the molecule is Cc1ccc(C(=O)Nc2ccc(N3CCOCC3)cc2C(F)(F)F)cc1F. The minimum Gasteiger partial charge on any atom is -0.378 e. The average Bonchev–Trinajstić information content (AvgIpc) is 2.64. The number of nitrogens with one attached hydrogen (secondary N) is 1. The van der Waals surface area contributed by atoms with Crippen molar-refractivity contribution in [3.05, 3.63) is 58.9 Å². The molecule has 1 saturated heterocycles. The highest BCUT2D eigenvalue weighted by atomic mass is 19.4. The fraction of sp³-hybridized carbons (Fsp3) is 0.316. The van der Waals surface area contributed by atoms with E-state index in [1.54, 1.807) is 4.90 Å². The van der Waals surface area contributed by atoms with Crippen molar-refractivity contribution in [3.63, 3.8) is 0 Å². The van der Waals surface area contributed by atoms with Crippen LogP contribution in [0.5, 0.6) is 0 Å². The van der Waals surface area contributed by atoms with Crippen LogP contribution in [-0.2, 0) is 10.9 Å². The Morgan fingerprint density at radius 2 is 1.81 bits per heavy atom. The van der Waals surface area contributed by atoms with E-state index in [9.17, 15) is 22.4 Å². The van der Waals surface area contributed by atoms with Crippen LogP contribution in [0.4, 0.5) is 28.9 Å². The number of ether oxygens (including phenoxy) is 1. The van der Waals surface area contributed by atoms with E-state index in [2.05, 4.69) is 5.32 Å². The first-order chi connectivity index (χ1) is 12.8. The van der Waals surface area contributed by atoms with Crippen LogP contribution in [-0.4, -0.2) is 32.2 Å². The molecule has 1 N–H and O–H groups in total. The number of benzene rings is 2. The Morgan fingerprint density at radius 1 is 1.11 bits per heavy atom. The van der Waals surface area contributed by atoms with E-state index in [0.717, 1.165) is 12.1 Å². The summed E-state index contributed by atoms with van der Waals surface area (Å²) in [5.74, 6) is -1.40. The third-order valence-electron chi connectivity index (χ3n) is 4.37. The number of alkyl halides is 3. The molecule has 2 aromatic rings. The zero-order chi connectivity index (χ0) is 19.6. The van der Waals surface area contributed by atoms with Crippen LogP contribution in [0.3, 0.4) is 0 Å². The molecule has 0 aromatic heterocycles. The lowest BCUT2D eigenvalue weighted by atomic mass is 10.1. The van der Waals surface area contributed by atoms with Gasteiger partial charge in [0.1, 0.15) is 5.82 Å². The van der Waals surface area contributed by atoms with Crippen molar-refractivity contribution in [2.24, 2.45) is 0 Å². The molecule has 1 fully saturated rings. The lowest BCUT2D eigenvalue weighted by molar-refractivity contribution is -0.136.